The first kappa shape index (κ1) is 18.8. The Labute approximate surface area is 163 Å². The van der Waals surface area contributed by atoms with E-state index >= 15 is 0 Å². The molecule has 140 valence electrons. The number of rotatable bonds is 6. The lowest BCUT2D eigenvalue weighted by molar-refractivity contribution is -0.119. The number of aromatic nitrogens is 4. The van der Waals surface area contributed by atoms with Crippen LogP contribution >= 0.6 is 15.9 Å². The molecule has 0 aliphatic carbocycles. The summed E-state index contributed by atoms with van der Waals surface area (Å²) in [7, 11) is 0. The average molecular weight is 432 g/mol. The topological polar surface area (TPSA) is 102 Å². The van der Waals surface area contributed by atoms with E-state index in [1.165, 1.54) is 16.9 Å². The van der Waals surface area contributed by atoms with Crippen LogP contribution in [-0.2, 0) is 11.3 Å². The summed E-state index contributed by atoms with van der Waals surface area (Å²) >= 11 is 3.41. The van der Waals surface area contributed by atoms with Crippen LogP contribution < -0.4 is 5.32 Å². The summed E-state index contributed by atoms with van der Waals surface area (Å²) in [6, 6.07) is 10.4. The molecule has 2 heterocycles. The molecule has 3 aromatic rings. The second-order valence-corrected chi connectivity index (χ2v) is 7.02. The second-order valence-electron chi connectivity index (χ2n) is 6.11. The first-order valence-electron chi connectivity index (χ1n) is 8.21. The minimum absolute atomic E-state index is 0.107. The Balaban J connectivity index is 1.68. The second kappa shape index (κ2) is 7.75. The predicted octanol–water partition coefficient (Wildman–Crippen LogP) is 3.10. The van der Waals surface area contributed by atoms with Crippen molar-refractivity contribution in [3.63, 3.8) is 0 Å². The molecular weight excluding hydrogens is 414 g/mol. The molecule has 1 amide bonds. The number of anilines is 1. The quantitative estimate of drug-likeness (QED) is 0.624. The first-order chi connectivity index (χ1) is 12.8. The molecule has 1 atom stereocenters. The Morgan fingerprint density at radius 2 is 1.93 bits per heavy atom. The van der Waals surface area contributed by atoms with Crippen molar-refractivity contribution in [2.75, 3.05) is 5.32 Å². The number of benzene rings is 1. The van der Waals surface area contributed by atoms with Gasteiger partial charge in [-0.25, -0.2) is 4.79 Å². The summed E-state index contributed by atoms with van der Waals surface area (Å²) in [5.41, 5.74) is 1.89. The lowest BCUT2D eigenvalue weighted by atomic mass is 10.2. The van der Waals surface area contributed by atoms with Gasteiger partial charge < -0.3 is 10.4 Å². The van der Waals surface area contributed by atoms with Crippen LogP contribution in [0.4, 0.5) is 5.82 Å². The zero-order valence-electron chi connectivity index (χ0n) is 14.8. The van der Waals surface area contributed by atoms with Crippen molar-refractivity contribution in [1.82, 2.24) is 19.6 Å². The third-order valence-electron chi connectivity index (χ3n) is 4.08. The number of carboxylic acids is 1. The van der Waals surface area contributed by atoms with Gasteiger partial charge in [-0.1, -0.05) is 28.1 Å². The fourth-order valence-electron chi connectivity index (χ4n) is 2.51. The van der Waals surface area contributed by atoms with Gasteiger partial charge in [-0.2, -0.15) is 10.2 Å². The van der Waals surface area contributed by atoms with Crippen molar-refractivity contribution in [1.29, 1.82) is 0 Å². The highest BCUT2D eigenvalue weighted by Gasteiger charge is 2.19. The summed E-state index contributed by atoms with van der Waals surface area (Å²) < 4.78 is 4.12. The predicted molar refractivity (Wildman–Crippen MR) is 103 cm³/mol. The van der Waals surface area contributed by atoms with Crippen molar-refractivity contribution in [2.45, 2.75) is 26.4 Å². The van der Waals surface area contributed by atoms with E-state index in [4.69, 9.17) is 5.11 Å². The highest BCUT2D eigenvalue weighted by molar-refractivity contribution is 9.10. The number of carboxylic acid groups (broad SMARTS) is 1. The van der Waals surface area contributed by atoms with Gasteiger partial charge in [-0.15, -0.1) is 0 Å². The number of aromatic carboxylic acids is 1. The molecule has 0 radical (unpaired) electrons. The highest BCUT2D eigenvalue weighted by Crippen LogP contribution is 2.16. The number of hydrogen-bond donors (Lipinski definition) is 2. The largest absolute Gasteiger partial charge is 0.476 e. The van der Waals surface area contributed by atoms with E-state index < -0.39 is 12.0 Å². The van der Waals surface area contributed by atoms with Crippen LogP contribution in [-0.4, -0.2) is 36.5 Å². The van der Waals surface area contributed by atoms with E-state index in [0.717, 1.165) is 15.7 Å². The van der Waals surface area contributed by atoms with Crippen LogP contribution in [0.3, 0.4) is 0 Å². The van der Waals surface area contributed by atoms with Crippen LogP contribution in [0.2, 0.25) is 0 Å². The van der Waals surface area contributed by atoms with Crippen LogP contribution in [0.5, 0.6) is 0 Å². The van der Waals surface area contributed by atoms with E-state index in [1.54, 1.807) is 17.7 Å². The van der Waals surface area contributed by atoms with Crippen molar-refractivity contribution in [3.8, 4) is 0 Å². The molecular formula is C18H18BrN5O3. The SMILES string of the molecule is Cc1cc(NC(=O)C(C)n2ccc(C(=O)O)n2)nn1Cc1ccc(Br)cc1. The summed E-state index contributed by atoms with van der Waals surface area (Å²) in [5.74, 6) is -1.03. The number of nitrogens with zero attached hydrogens (tertiary/aromatic N) is 4. The zero-order valence-corrected chi connectivity index (χ0v) is 16.3. The van der Waals surface area contributed by atoms with Gasteiger partial charge in [0.05, 0.1) is 6.54 Å². The molecule has 0 spiro atoms. The fourth-order valence-corrected chi connectivity index (χ4v) is 2.78. The lowest BCUT2D eigenvalue weighted by Crippen LogP contribution is -2.24. The van der Waals surface area contributed by atoms with E-state index in [2.05, 4.69) is 31.4 Å². The molecule has 0 saturated heterocycles. The molecule has 9 heteroatoms. The third kappa shape index (κ3) is 4.43. The van der Waals surface area contributed by atoms with Gasteiger partial charge in [0, 0.05) is 22.4 Å². The minimum Gasteiger partial charge on any atom is -0.476 e. The smallest absolute Gasteiger partial charge is 0.356 e. The van der Waals surface area contributed by atoms with Crippen LogP contribution in [0, 0.1) is 6.92 Å². The van der Waals surface area contributed by atoms with Crippen LogP contribution in [0.25, 0.3) is 0 Å². The molecule has 0 bridgehead atoms. The number of amides is 1. The van der Waals surface area contributed by atoms with Crippen LogP contribution in [0.15, 0.2) is 47.1 Å². The molecule has 0 aliphatic heterocycles. The molecule has 0 fully saturated rings. The van der Waals surface area contributed by atoms with Gasteiger partial charge in [0.1, 0.15) is 6.04 Å². The Morgan fingerprint density at radius 3 is 2.56 bits per heavy atom. The van der Waals surface area contributed by atoms with Gasteiger partial charge in [-0.05, 0) is 37.6 Å². The number of carbonyl (C=O) groups is 2. The van der Waals surface area contributed by atoms with Gasteiger partial charge in [-0.3, -0.25) is 14.2 Å². The van der Waals surface area contributed by atoms with Crippen LogP contribution in [0.1, 0.15) is 34.7 Å². The van der Waals surface area contributed by atoms with E-state index in [-0.39, 0.29) is 11.6 Å². The normalized spacial score (nSPS) is 12.0. The molecule has 1 aromatic carbocycles. The van der Waals surface area contributed by atoms with E-state index in [0.29, 0.717) is 12.4 Å². The van der Waals surface area contributed by atoms with Gasteiger partial charge >= 0.3 is 5.97 Å². The van der Waals surface area contributed by atoms with Crippen molar-refractivity contribution < 1.29 is 14.7 Å². The van der Waals surface area contributed by atoms with Crippen molar-refractivity contribution in [2.24, 2.45) is 0 Å². The Kier molecular flexibility index (Phi) is 5.41. The first-order valence-corrected chi connectivity index (χ1v) is 9.01. The number of nitrogens with one attached hydrogen (secondary N) is 1. The summed E-state index contributed by atoms with van der Waals surface area (Å²) in [4.78, 5) is 23.3. The maximum Gasteiger partial charge on any atom is 0.356 e. The molecule has 0 aliphatic rings. The Morgan fingerprint density at radius 1 is 1.22 bits per heavy atom. The van der Waals surface area contributed by atoms with Crippen molar-refractivity contribution >= 4 is 33.6 Å². The Hall–Kier alpha value is -2.94. The van der Waals surface area contributed by atoms with Gasteiger partial charge in [0.15, 0.2) is 11.5 Å². The average Bonchev–Trinajstić information content (AvgIpc) is 3.24. The minimum atomic E-state index is -1.14. The monoisotopic (exact) mass is 431 g/mol. The molecule has 1 unspecified atom stereocenters. The maximum absolute atomic E-state index is 12.4. The Bertz CT molecular complexity index is 977. The lowest BCUT2D eigenvalue weighted by Gasteiger charge is -2.11. The standard InChI is InChI=1S/C18H18BrN5O3/c1-11-9-16(22-24(11)10-13-3-5-14(19)6-4-13)20-17(25)12(2)23-8-7-15(21-23)18(26)27/h3-9,12H,10H2,1-2H3,(H,26,27)(H,20,22,25). The molecule has 8 nitrogen and oxygen atoms in total. The number of hydrogen-bond acceptors (Lipinski definition) is 4. The molecule has 2 N–H and O–H groups in total. The number of halogens is 1. The van der Waals surface area contributed by atoms with Crippen molar-refractivity contribution in [3.05, 3.63) is 64.0 Å². The zero-order chi connectivity index (χ0) is 19.6. The van der Waals surface area contributed by atoms with Gasteiger partial charge in [0.25, 0.3) is 0 Å². The number of carbonyl (C=O) groups excluding carboxylic acids is 1. The summed E-state index contributed by atoms with van der Waals surface area (Å²) in [5, 5.41) is 20.0. The van der Waals surface area contributed by atoms with E-state index in [9.17, 15) is 9.59 Å². The molecule has 0 saturated carbocycles. The molecule has 3 rings (SSSR count). The maximum atomic E-state index is 12.4. The molecule has 27 heavy (non-hydrogen) atoms. The number of aryl methyl sites for hydroxylation is 1. The van der Waals surface area contributed by atoms with Gasteiger partial charge in [0.2, 0.25) is 5.91 Å². The molecule has 2 aromatic heterocycles. The summed E-state index contributed by atoms with van der Waals surface area (Å²) in [6.45, 7) is 4.14. The fraction of sp³-hybridized carbons (Fsp3) is 0.222. The summed E-state index contributed by atoms with van der Waals surface area (Å²) in [6.07, 6.45) is 1.46. The third-order valence-corrected chi connectivity index (χ3v) is 4.61. The van der Waals surface area contributed by atoms with E-state index in [1.807, 2.05) is 31.2 Å². The highest BCUT2D eigenvalue weighted by atomic mass is 79.9.